The van der Waals surface area contributed by atoms with Crippen LogP contribution >= 0.6 is 11.6 Å². The summed E-state index contributed by atoms with van der Waals surface area (Å²) in [7, 11) is 0. The number of halogens is 2. The molecular formula is C24H24ClFN6O10. The van der Waals surface area contributed by atoms with Gasteiger partial charge in [0.15, 0.2) is 23.9 Å². The fourth-order valence-electron chi connectivity index (χ4n) is 4.25. The monoisotopic (exact) mass is 610 g/mol. The number of alkyl halides is 1. The number of nitrogens with one attached hydrogen (secondary N) is 1. The SMILES string of the molecule is Nc1nc(Cl)nc2c1ncn2[C@@H]1O[C@H](COC(Cc2ccc(C(=O)NCCC(=O)O)cc2)(C(=O)O)C(=O)O)[C@@H](O)[C@@H]1F. The standard InChI is InChI=1S/C24H24ClFN6O10/c25-23-30-17(27)15-18(31-23)32(9-29-15)20-14(26)16(35)12(42-20)8-41-24(21(37)38,22(39)40)7-10-1-3-11(4-2-10)19(36)28-6-5-13(33)34/h1-4,9,12,14,16,20,35H,5-8H2,(H,28,36)(H,33,34)(H,37,38)(H,39,40)(H2,27,30,31)/t12-,14+,16-,20-/m1/s1. The van der Waals surface area contributed by atoms with Gasteiger partial charge in [-0.15, -0.1) is 0 Å². The molecule has 0 bridgehead atoms. The van der Waals surface area contributed by atoms with Gasteiger partial charge >= 0.3 is 17.9 Å². The molecule has 3 heterocycles. The lowest BCUT2D eigenvalue weighted by atomic mass is 9.93. The minimum absolute atomic E-state index is 0.00153. The Morgan fingerprint density at radius 2 is 1.81 bits per heavy atom. The predicted molar refractivity (Wildman–Crippen MR) is 138 cm³/mol. The van der Waals surface area contributed by atoms with Gasteiger partial charge in [0.1, 0.15) is 17.7 Å². The zero-order valence-electron chi connectivity index (χ0n) is 21.4. The Morgan fingerprint density at radius 3 is 2.43 bits per heavy atom. The van der Waals surface area contributed by atoms with Gasteiger partial charge in [-0.1, -0.05) is 12.1 Å². The van der Waals surface area contributed by atoms with E-state index in [-0.39, 0.29) is 46.4 Å². The van der Waals surface area contributed by atoms with Gasteiger partial charge in [-0.05, 0) is 29.3 Å². The van der Waals surface area contributed by atoms with E-state index >= 15 is 4.39 Å². The molecule has 16 nitrogen and oxygen atoms in total. The first-order valence-corrected chi connectivity index (χ1v) is 12.5. The lowest BCUT2D eigenvalue weighted by Gasteiger charge is -2.27. The normalized spacial score (nSPS) is 20.5. The van der Waals surface area contributed by atoms with Crippen molar-refractivity contribution in [1.29, 1.82) is 0 Å². The third-order valence-corrected chi connectivity index (χ3v) is 6.64. The van der Waals surface area contributed by atoms with E-state index in [1.807, 2.05) is 0 Å². The van der Waals surface area contributed by atoms with E-state index in [2.05, 4.69) is 20.3 Å². The Kier molecular flexibility index (Phi) is 8.86. The number of ether oxygens (including phenoxy) is 2. The largest absolute Gasteiger partial charge is 0.481 e. The van der Waals surface area contributed by atoms with E-state index in [1.165, 1.54) is 24.3 Å². The molecule has 1 saturated heterocycles. The molecule has 42 heavy (non-hydrogen) atoms. The maximum Gasteiger partial charge on any atom is 0.348 e. The molecule has 4 rings (SSSR count). The Bertz CT molecular complexity index is 1510. The Hall–Kier alpha value is -4.45. The molecule has 4 atom stereocenters. The molecule has 18 heteroatoms. The average molecular weight is 611 g/mol. The van der Waals surface area contributed by atoms with Crippen LogP contribution in [0, 0.1) is 0 Å². The Balaban J connectivity index is 1.49. The average Bonchev–Trinajstić information content (AvgIpc) is 3.46. The summed E-state index contributed by atoms with van der Waals surface area (Å²) in [6, 6.07) is 5.18. The second kappa shape index (κ2) is 12.2. The number of nitrogens with two attached hydrogens (primary N) is 1. The number of fused-ring (bicyclic) bond motifs is 1. The molecule has 2 aromatic heterocycles. The third kappa shape index (κ3) is 6.08. The van der Waals surface area contributed by atoms with Crippen molar-refractivity contribution in [2.45, 2.75) is 43.1 Å². The zero-order chi connectivity index (χ0) is 30.8. The van der Waals surface area contributed by atoms with Crippen molar-refractivity contribution in [3.8, 4) is 0 Å². The van der Waals surface area contributed by atoms with Crippen LogP contribution in [0.15, 0.2) is 30.6 Å². The fraction of sp³-hybridized carbons (Fsp3) is 0.375. The first kappa shape index (κ1) is 30.5. The van der Waals surface area contributed by atoms with Gasteiger partial charge in [0.05, 0.1) is 19.4 Å². The number of amides is 1. The van der Waals surface area contributed by atoms with Gasteiger partial charge in [-0.2, -0.15) is 9.97 Å². The summed E-state index contributed by atoms with van der Waals surface area (Å²) in [4.78, 5) is 58.8. The summed E-state index contributed by atoms with van der Waals surface area (Å²) in [6.07, 6.45) is -6.86. The number of aromatic nitrogens is 4. The number of rotatable bonds is 12. The van der Waals surface area contributed by atoms with Crippen LogP contribution in [0.5, 0.6) is 0 Å². The summed E-state index contributed by atoms with van der Waals surface area (Å²) in [5, 5.41) is 41.0. The first-order valence-electron chi connectivity index (χ1n) is 12.2. The van der Waals surface area contributed by atoms with E-state index < -0.39 is 67.1 Å². The van der Waals surface area contributed by atoms with Gasteiger partial charge in [-0.25, -0.2) is 19.0 Å². The molecule has 0 unspecified atom stereocenters. The van der Waals surface area contributed by atoms with Crippen LogP contribution in [0.1, 0.15) is 28.6 Å². The number of carboxylic acid groups (broad SMARTS) is 3. The van der Waals surface area contributed by atoms with Crippen LogP contribution in [0.4, 0.5) is 10.2 Å². The van der Waals surface area contributed by atoms with Gasteiger partial charge in [0.25, 0.3) is 11.5 Å². The van der Waals surface area contributed by atoms with Crippen molar-refractivity contribution in [2.75, 3.05) is 18.9 Å². The highest BCUT2D eigenvalue weighted by Crippen LogP contribution is 2.35. The molecule has 0 aliphatic carbocycles. The highest BCUT2D eigenvalue weighted by atomic mass is 35.5. The smallest absolute Gasteiger partial charge is 0.348 e. The highest BCUT2D eigenvalue weighted by molar-refractivity contribution is 6.28. The number of aliphatic hydroxyl groups is 1. The van der Waals surface area contributed by atoms with Crippen molar-refractivity contribution in [2.24, 2.45) is 0 Å². The molecule has 0 spiro atoms. The molecule has 224 valence electrons. The molecule has 1 amide bonds. The van der Waals surface area contributed by atoms with Gasteiger partial charge in [0, 0.05) is 18.5 Å². The Morgan fingerprint density at radius 1 is 1.14 bits per heavy atom. The highest BCUT2D eigenvalue weighted by Gasteiger charge is 2.52. The molecule has 1 aliphatic heterocycles. The van der Waals surface area contributed by atoms with Crippen LogP contribution in [0.2, 0.25) is 5.28 Å². The zero-order valence-corrected chi connectivity index (χ0v) is 22.1. The number of anilines is 1. The van der Waals surface area contributed by atoms with Crippen molar-refractivity contribution in [3.05, 3.63) is 47.0 Å². The number of carbonyl (C=O) groups excluding carboxylic acids is 1. The van der Waals surface area contributed by atoms with E-state index in [4.69, 9.17) is 31.9 Å². The second-order valence-corrected chi connectivity index (χ2v) is 9.56. The molecule has 0 saturated carbocycles. The maximum atomic E-state index is 15.1. The molecule has 1 aliphatic rings. The lowest BCUT2D eigenvalue weighted by Crippen LogP contribution is -2.52. The summed E-state index contributed by atoms with van der Waals surface area (Å²) in [5.74, 6) is -5.54. The quantitative estimate of drug-likeness (QED) is 0.117. The van der Waals surface area contributed by atoms with E-state index in [9.17, 15) is 34.5 Å². The van der Waals surface area contributed by atoms with E-state index in [0.29, 0.717) is 0 Å². The topological polar surface area (TPSA) is 249 Å². The number of nitrogen functional groups attached to an aromatic ring is 1. The third-order valence-electron chi connectivity index (χ3n) is 6.47. The van der Waals surface area contributed by atoms with Crippen LogP contribution in [-0.2, 0) is 30.3 Å². The molecule has 1 aromatic carbocycles. The molecule has 7 N–H and O–H groups in total. The fourth-order valence-corrected chi connectivity index (χ4v) is 4.42. The van der Waals surface area contributed by atoms with Gasteiger partial charge in [-0.3, -0.25) is 14.2 Å². The number of benzene rings is 1. The van der Waals surface area contributed by atoms with Crippen molar-refractivity contribution in [1.82, 2.24) is 24.8 Å². The summed E-state index contributed by atoms with van der Waals surface area (Å²) in [5.41, 5.74) is 3.23. The van der Waals surface area contributed by atoms with Crippen molar-refractivity contribution in [3.63, 3.8) is 0 Å². The minimum atomic E-state index is -2.88. The van der Waals surface area contributed by atoms with Gasteiger partial charge < -0.3 is 41.0 Å². The number of aliphatic hydroxyl groups excluding tert-OH is 1. The molecule has 3 aromatic rings. The van der Waals surface area contributed by atoms with Crippen molar-refractivity contribution >= 4 is 52.4 Å². The number of imidazole rings is 1. The number of carboxylic acids is 3. The molecule has 0 radical (unpaired) electrons. The molecular weight excluding hydrogens is 587 g/mol. The summed E-state index contributed by atoms with van der Waals surface area (Å²) >= 11 is 5.84. The number of hydrogen-bond donors (Lipinski definition) is 6. The van der Waals surface area contributed by atoms with E-state index in [0.717, 1.165) is 10.9 Å². The summed E-state index contributed by atoms with van der Waals surface area (Å²) in [6.45, 7) is -0.960. The summed E-state index contributed by atoms with van der Waals surface area (Å²) < 4.78 is 27.2. The van der Waals surface area contributed by atoms with Crippen LogP contribution in [0.25, 0.3) is 11.2 Å². The lowest BCUT2D eigenvalue weighted by molar-refractivity contribution is -0.190. The van der Waals surface area contributed by atoms with Crippen LogP contribution in [-0.4, -0.2) is 101 Å². The predicted octanol–water partition coefficient (Wildman–Crippen LogP) is 0.0301. The Labute approximate surface area is 239 Å². The van der Waals surface area contributed by atoms with Gasteiger partial charge in [0.2, 0.25) is 5.28 Å². The van der Waals surface area contributed by atoms with E-state index in [1.54, 1.807) is 0 Å². The number of aliphatic carboxylic acids is 3. The second-order valence-electron chi connectivity index (χ2n) is 9.22. The number of hydrogen-bond acceptors (Lipinski definition) is 11. The number of carbonyl (C=O) groups is 4. The van der Waals surface area contributed by atoms with Crippen molar-refractivity contribution < 1.29 is 53.5 Å². The van der Waals surface area contributed by atoms with Crippen LogP contribution < -0.4 is 11.1 Å². The van der Waals surface area contributed by atoms with Crippen LogP contribution in [0.3, 0.4) is 0 Å². The first-order chi connectivity index (χ1) is 19.8. The number of nitrogens with zero attached hydrogens (tertiary/aromatic N) is 4. The molecule has 1 fully saturated rings. The maximum absolute atomic E-state index is 15.1. The minimum Gasteiger partial charge on any atom is -0.481 e.